The van der Waals surface area contributed by atoms with Gasteiger partial charge in [-0.3, -0.25) is 9.59 Å². The Morgan fingerprint density at radius 2 is 2.05 bits per heavy atom. The second-order valence-electron chi connectivity index (χ2n) is 4.20. The average Bonchev–Trinajstić information content (AvgIpc) is 2.92. The first-order valence-electron chi connectivity index (χ1n) is 6.26. The Morgan fingerprint density at radius 3 is 2.77 bits per heavy atom. The molecule has 0 aliphatic rings. The lowest BCUT2D eigenvalue weighted by Crippen LogP contribution is -2.12. The lowest BCUT2D eigenvalue weighted by Gasteiger charge is -1.99. The molecule has 1 aromatic heterocycles. The predicted octanol–water partition coefficient (Wildman–Crippen LogP) is 2.77. The third kappa shape index (κ3) is 5.08. The fraction of sp³-hybridized carbons (Fsp3) is 0.231. The number of nitrogens with one attached hydrogen (secondary N) is 1. The van der Waals surface area contributed by atoms with Crippen molar-refractivity contribution < 1.29 is 19.1 Å². The predicted molar refractivity (Wildman–Crippen MR) is 81.4 cm³/mol. The number of anilines is 1. The van der Waals surface area contributed by atoms with E-state index in [4.69, 9.17) is 5.11 Å². The summed E-state index contributed by atoms with van der Waals surface area (Å²) in [6, 6.07) is 6.47. The molecule has 0 fully saturated rings. The van der Waals surface area contributed by atoms with Gasteiger partial charge in [0.1, 0.15) is 5.82 Å². The van der Waals surface area contributed by atoms with Crippen molar-refractivity contribution in [3.05, 3.63) is 35.6 Å². The van der Waals surface area contributed by atoms with E-state index in [1.54, 1.807) is 18.2 Å². The van der Waals surface area contributed by atoms with Gasteiger partial charge in [0.2, 0.25) is 11.0 Å². The maximum absolute atomic E-state index is 13.5. The molecule has 1 amide bonds. The van der Waals surface area contributed by atoms with E-state index in [0.29, 0.717) is 20.8 Å². The number of rotatable bonds is 7. The number of aliphatic carboxylic acids is 1. The summed E-state index contributed by atoms with van der Waals surface area (Å²) in [6.07, 6.45) is -0.355. The minimum Gasteiger partial charge on any atom is -0.481 e. The van der Waals surface area contributed by atoms with Crippen molar-refractivity contribution in [2.24, 2.45) is 0 Å². The Labute approximate surface area is 133 Å². The number of aromatic nitrogens is 2. The van der Waals surface area contributed by atoms with Crippen molar-refractivity contribution in [3.63, 3.8) is 0 Å². The van der Waals surface area contributed by atoms with Crippen molar-refractivity contribution >= 4 is 40.1 Å². The molecule has 0 saturated heterocycles. The first-order valence-corrected chi connectivity index (χ1v) is 8.06. The molecule has 0 aliphatic heterocycles. The highest BCUT2D eigenvalue weighted by Gasteiger charge is 2.11. The Bertz CT molecular complexity index is 678. The third-order valence-electron chi connectivity index (χ3n) is 2.53. The second kappa shape index (κ2) is 7.85. The van der Waals surface area contributed by atoms with E-state index in [0.717, 1.165) is 11.3 Å². The molecule has 1 heterocycles. The third-order valence-corrected chi connectivity index (χ3v) is 4.55. The lowest BCUT2D eigenvalue weighted by molar-refractivity contribution is -0.138. The average molecular weight is 341 g/mol. The lowest BCUT2D eigenvalue weighted by atomic mass is 10.2. The van der Waals surface area contributed by atoms with Crippen molar-refractivity contribution in [2.45, 2.75) is 22.9 Å². The number of carboxylic acid groups (broad SMARTS) is 1. The highest BCUT2D eigenvalue weighted by molar-refractivity contribution is 8.00. The highest BCUT2D eigenvalue weighted by Crippen LogP contribution is 2.28. The zero-order chi connectivity index (χ0) is 15.9. The van der Waals surface area contributed by atoms with Gasteiger partial charge in [-0.15, -0.1) is 10.2 Å². The van der Waals surface area contributed by atoms with Gasteiger partial charge < -0.3 is 10.4 Å². The quantitative estimate of drug-likeness (QED) is 0.594. The van der Waals surface area contributed by atoms with Crippen molar-refractivity contribution in [1.29, 1.82) is 0 Å². The van der Waals surface area contributed by atoms with Crippen LogP contribution in [0.1, 0.15) is 18.4 Å². The summed E-state index contributed by atoms with van der Waals surface area (Å²) >= 11 is 2.47. The van der Waals surface area contributed by atoms with E-state index in [2.05, 4.69) is 15.5 Å². The second-order valence-corrected chi connectivity index (χ2v) is 6.40. The van der Waals surface area contributed by atoms with Crippen LogP contribution in [0.5, 0.6) is 0 Å². The summed E-state index contributed by atoms with van der Waals surface area (Å²) in [4.78, 5) is 21.8. The molecule has 0 aliphatic carbocycles. The van der Waals surface area contributed by atoms with Crippen molar-refractivity contribution in [3.8, 4) is 0 Å². The molecule has 0 spiro atoms. The maximum Gasteiger partial charge on any atom is 0.303 e. The van der Waals surface area contributed by atoms with Gasteiger partial charge >= 0.3 is 5.97 Å². The number of benzene rings is 1. The Hall–Kier alpha value is -2.00. The van der Waals surface area contributed by atoms with Crippen LogP contribution in [-0.4, -0.2) is 27.2 Å². The number of hydrogen-bond donors (Lipinski definition) is 2. The van der Waals surface area contributed by atoms with Crippen molar-refractivity contribution in [2.75, 3.05) is 5.32 Å². The molecule has 9 heteroatoms. The monoisotopic (exact) mass is 341 g/mol. The smallest absolute Gasteiger partial charge is 0.303 e. The largest absolute Gasteiger partial charge is 0.481 e. The Balaban J connectivity index is 1.85. The summed E-state index contributed by atoms with van der Waals surface area (Å²) in [6.45, 7) is 0. The van der Waals surface area contributed by atoms with E-state index < -0.39 is 11.9 Å². The zero-order valence-corrected chi connectivity index (χ0v) is 12.9. The molecule has 2 aromatic rings. The fourth-order valence-electron chi connectivity index (χ4n) is 1.48. The first kappa shape index (κ1) is 16.4. The number of amides is 1. The SMILES string of the molecule is O=C(O)CCC(=O)Nc1nnc(SCc2ccccc2F)s1. The molecule has 0 saturated carbocycles. The molecular weight excluding hydrogens is 329 g/mol. The van der Waals surface area contributed by atoms with E-state index in [9.17, 15) is 14.0 Å². The zero-order valence-electron chi connectivity index (χ0n) is 11.3. The molecule has 6 nitrogen and oxygen atoms in total. The van der Waals surface area contributed by atoms with Crippen LogP contribution in [0, 0.1) is 5.82 Å². The number of nitrogens with zero attached hydrogens (tertiary/aromatic N) is 2. The van der Waals surface area contributed by atoms with Crippen LogP contribution in [0.4, 0.5) is 9.52 Å². The molecule has 116 valence electrons. The molecule has 1 aromatic carbocycles. The Morgan fingerprint density at radius 1 is 1.27 bits per heavy atom. The maximum atomic E-state index is 13.5. The van der Waals surface area contributed by atoms with E-state index in [1.165, 1.54) is 17.8 Å². The van der Waals surface area contributed by atoms with Gasteiger partial charge in [0.15, 0.2) is 4.34 Å². The Kier molecular flexibility index (Phi) is 5.84. The summed E-state index contributed by atoms with van der Waals surface area (Å²) in [5, 5.41) is 19.0. The number of hydrogen-bond acceptors (Lipinski definition) is 6. The molecule has 0 radical (unpaired) electrons. The van der Waals surface area contributed by atoms with Crippen LogP contribution >= 0.6 is 23.1 Å². The standard InChI is InChI=1S/C13H12FN3O3S2/c14-9-4-2-1-3-8(9)7-21-13-17-16-12(22-13)15-10(18)5-6-11(19)20/h1-4H,5-7H2,(H,19,20)(H,15,16,18). The van der Waals surface area contributed by atoms with Gasteiger partial charge in [-0.05, 0) is 11.6 Å². The molecule has 0 unspecified atom stereocenters. The molecule has 22 heavy (non-hydrogen) atoms. The van der Waals surface area contributed by atoms with E-state index >= 15 is 0 Å². The van der Waals surface area contributed by atoms with Crippen LogP contribution in [0.25, 0.3) is 0 Å². The summed E-state index contributed by atoms with van der Waals surface area (Å²) in [5.74, 6) is -1.33. The van der Waals surface area contributed by atoms with E-state index in [-0.39, 0.29) is 18.7 Å². The van der Waals surface area contributed by atoms with Gasteiger partial charge in [-0.25, -0.2) is 4.39 Å². The van der Waals surface area contributed by atoms with Crippen LogP contribution < -0.4 is 5.32 Å². The van der Waals surface area contributed by atoms with Crippen molar-refractivity contribution in [1.82, 2.24) is 10.2 Å². The van der Waals surface area contributed by atoms with Gasteiger partial charge in [-0.1, -0.05) is 41.3 Å². The number of carbonyl (C=O) groups is 2. The van der Waals surface area contributed by atoms with E-state index in [1.807, 2.05) is 0 Å². The summed E-state index contributed by atoms with van der Waals surface area (Å²) in [5.41, 5.74) is 0.565. The van der Waals surface area contributed by atoms with Gasteiger partial charge in [0.05, 0.1) is 6.42 Å². The number of carboxylic acids is 1. The summed E-state index contributed by atoms with van der Waals surface area (Å²) in [7, 11) is 0. The molecule has 2 rings (SSSR count). The number of thioether (sulfide) groups is 1. The van der Waals surface area contributed by atoms with Crippen LogP contribution in [0.15, 0.2) is 28.6 Å². The van der Waals surface area contributed by atoms with Crippen LogP contribution in [0.3, 0.4) is 0 Å². The van der Waals surface area contributed by atoms with Gasteiger partial charge in [-0.2, -0.15) is 0 Å². The minimum atomic E-state index is -1.03. The number of halogens is 1. The highest BCUT2D eigenvalue weighted by atomic mass is 32.2. The summed E-state index contributed by atoms with van der Waals surface area (Å²) < 4.78 is 14.1. The molecule has 0 bridgehead atoms. The molecule has 2 N–H and O–H groups in total. The molecule has 0 atom stereocenters. The van der Waals surface area contributed by atoms with Crippen LogP contribution in [-0.2, 0) is 15.3 Å². The fourth-order valence-corrected chi connectivity index (χ4v) is 3.23. The normalized spacial score (nSPS) is 10.4. The van der Waals surface area contributed by atoms with Gasteiger partial charge in [0.25, 0.3) is 0 Å². The first-order chi connectivity index (χ1) is 10.5. The minimum absolute atomic E-state index is 0.118. The van der Waals surface area contributed by atoms with Gasteiger partial charge in [0, 0.05) is 12.2 Å². The van der Waals surface area contributed by atoms with Crippen LogP contribution in [0.2, 0.25) is 0 Å². The topological polar surface area (TPSA) is 92.2 Å². The molecular formula is C13H12FN3O3S2. The number of carbonyl (C=O) groups excluding carboxylic acids is 1.